The Morgan fingerprint density at radius 1 is 1.21 bits per heavy atom. The average Bonchev–Trinajstić information content (AvgIpc) is 2.83. The number of aryl methyl sites for hydroxylation is 1. The van der Waals surface area contributed by atoms with Gasteiger partial charge in [0.25, 0.3) is 0 Å². The van der Waals surface area contributed by atoms with Gasteiger partial charge in [0.05, 0.1) is 6.54 Å². The Balaban J connectivity index is 1.73. The van der Waals surface area contributed by atoms with Crippen LogP contribution in [0.3, 0.4) is 0 Å². The van der Waals surface area contributed by atoms with Gasteiger partial charge in [0.2, 0.25) is 0 Å². The van der Waals surface area contributed by atoms with Gasteiger partial charge in [-0.05, 0) is 49.5 Å². The molecule has 0 amide bonds. The first-order valence-corrected chi connectivity index (χ1v) is 9.64. The van der Waals surface area contributed by atoms with Gasteiger partial charge in [-0.3, -0.25) is 0 Å². The number of fused-ring (bicyclic) bond motifs is 1. The molecule has 0 saturated heterocycles. The van der Waals surface area contributed by atoms with Crippen LogP contribution in [0.2, 0.25) is 0 Å². The van der Waals surface area contributed by atoms with Crippen LogP contribution in [0.25, 0.3) is 5.57 Å². The molecule has 1 aromatic heterocycles. The molecule has 3 N–H and O–H groups in total. The van der Waals surface area contributed by atoms with Gasteiger partial charge >= 0.3 is 0 Å². The van der Waals surface area contributed by atoms with Gasteiger partial charge in [0.1, 0.15) is 24.1 Å². The van der Waals surface area contributed by atoms with Crippen LogP contribution in [0.5, 0.6) is 11.5 Å². The number of aromatic hydroxyl groups is 1. The SMILES string of the molecule is CC1=C(c2cc(O)c3c(c2)CN(c2cc(N)nc(C)n2)CCO3)C=CC(C)C1. The normalized spacial score (nSPS) is 19.2. The predicted octanol–water partition coefficient (Wildman–Crippen LogP) is 3.84. The highest BCUT2D eigenvalue weighted by Gasteiger charge is 2.22. The molecule has 28 heavy (non-hydrogen) atoms. The quantitative estimate of drug-likeness (QED) is 0.826. The Morgan fingerprint density at radius 3 is 2.79 bits per heavy atom. The van der Waals surface area contributed by atoms with Crippen molar-refractivity contribution in [2.24, 2.45) is 5.92 Å². The molecule has 146 valence electrons. The van der Waals surface area contributed by atoms with Gasteiger partial charge < -0.3 is 20.5 Å². The Bertz CT molecular complexity index is 960. The number of anilines is 2. The Labute approximate surface area is 165 Å². The lowest BCUT2D eigenvalue weighted by atomic mass is 9.87. The van der Waals surface area contributed by atoms with E-state index in [2.05, 4.69) is 46.9 Å². The monoisotopic (exact) mass is 378 g/mol. The molecular formula is C22H26N4O2. The molecule has 1 aliphatic carbocycles. The molecule has 2 aromatic rings. The van der Waals surface area contributed by atoms with Gasteiger partial charge in [0, 0.05) is 18.2 Å². The summed E-state index contributed by atoms with van der Waals surface area (Å²) in [6, 6.07) is 5.70. The lowest BCUT2D eigenvalue weighted by Gasteiger charge is -2.22. The largest absolute Gasteiger partial charge is 0.504 e. The van der Waals surface area contributed by atoms with E-state index < -0.39 is 0 Å². The Morgan fingerprint density at radius 2 is 2.04 bits per heavy atom. The molecule has 0 saturated carbocycles. The van der Waals surface area contributed by atoms with E-state index in [0.717, 1.165) is 23.4 Å². The molecule has 0 fully saturated rings. The second kappa shape index (κ2) is 7.19. The first-order chi connectivity index (χ1) is 13.4. The van der Waals surface area contributed by atoms with Crippen LogP contribution in [0.15, 0.2) is 35.9 Å². The third kappa shape index (κ3) is 3.54. The third-order valence-electron chi connectivity index (χ3n) is 5.27. The summed E-state index contributed by atoms with van der Waals surface area (Å²) in [6.07, 6.45) is 5.42. The number of nitrogen functional groups attached to an aromatic ring is 1. The molecule has 1 unspecified atom stereocenters. The summed E-state index contributed by atoms with van der Waals surface area (Å²) in [5.41, 5.74) is 10.4. The number of hydrogen-bond donors (Lipinski definition) is 2. The van der Waals surface area contributed by atoms with E-state index in [4.69, 9.17) is 10.5 Å². The van der Waals surface area contributed by atoms with E-state index in [1.807, 2.05) is 6.92 Å². The second-order valence-electron chi connectivity index (χ2n) is 7.69. The highest BCUT2D eigenvalue weighted by atomic mass is 16.5. The highest BCUT2D eigenvalue weighted by Crippen LogP contribution is 2.39. The van der Waals surface area contributed by atoms with Crippen molar-refractivity contribution >= 4 is 17.2 Å². The summed E-state index contributed by atoms with van der Waals surface area (Å²) in [5, 5.41) is 10.6. The van der Waals surface area contributed by atoms with Crippen molar-refractivity contribution in [2.45, 2.75) is 33.7 Å². The molecule has 0 radical (unpaired) electrons. The van der Waals surface area contributed by atoms with Crippen molar-refractivity contribution in [3.8, 4) is 11.5 Å². The fourth-order valence-corrected chi connectivity index (χ4v) is 3.99. The summed E-state index contributed by atoms with van der Waals surface area (Å²) >= 11 is 0. The van der Waals surface area contributed by atoms with Gasteiger partial charge in [-0.15, -0.1) is 0 Å². The molecule has 1 aromatic carbocycles. The number of nitrogens with two attached hydrogens (primary N) is 1. The molecule has 1 aliphatic heterocycles. The first kappa shape index (κ1) is 18.3. The van der Waals surface area contributed by atoms with Crippen molar-refractivity contribution in [1.82, 2.24) is 9.97 Å². The zero-order chi connectivity index (χ0) is 19.8. The number of allylic oxidation sites excluding steroid dienone is 4. The molecule has 0 bridgehead atoms. The standard InChI is InChI=1S/C22H26N4O2/c1-13-4-5-18(14(2)8-13)16-9-17-12-26(6-7-28-22(17)19(27)10-16)21-11-20(23)24-15(3)25-21/h4-5,9-11,13,27H,6-8,12H2,1-3H3,(H2,23,24,25). The molecule has 0 spiro atoms. The van der Waals surface area contributed by atoms with Crippen molar-refractivity contribution in [3.63, 3.8) is 0 Å². The first-order valence-electron chi connectivity index (χ1n) is 9.64. The zero-order valence-corrected chi connectivity index (χ0v) is 16.6. The topological polar surface area (TPSA) is 84.5 Å². The molecule has 4 rings (SSSR count). The summed E-state index contributed by atoms with van der Waals surface area (Å²) in [5.74, 6) is 3.14. The smallest absolute Gasteiger partial charge is 0.166 e. The minimum absolute atomic E-state index is 0.181. The van der Waals surface area contributed by atoms with Crippen LogP contribution in [0, 0.1) is 12.8 Å². The van der Waals surface area contributed by atoms with Crippen LogP contribution in [0.1, 0.15) is 37.2 Å². The number of aromatic nitrogens is 2. The highest BCUT2D eigenvalue weighted by molar-refractivity contribution is 5.79. The van der Waals surface area contributed by atoms with Gasteiger partial charge in [-0.25, -0.2) is 9.97 Å². The average molecular weight is 378 g/mol. The minimum Gasteiger partial charge on any atom is -0.504 e. The summed E-state index contributed by atoms with van der Waals surface area (Å²) < 4.78 is 5.88. The summed E-state index contributed by atoms with van der Waals surface area (Å²) in [4.78, 5) is 10.8. The Kier molecular flexibility index (Phi) is 4.71. The van der Waals surface area contributed by atoms with Crippen molar-refractivity contribution < 1.29 is 9.84 Å². The van der Waals surface area contributed by atoms with E-state index in [1.165, 1.54) is 11.1 Å². The second-order valence-corrected chi connectivity index (χ2v) is 7.69. The van der Waals surface area contributed by atoms with Crippen LogP contribution < -0.4 is 15.4 Å². The van der Waals surface area contributed by atoms with Crippen molar-refractivity contribution in [2.75, 3.05) is 23.8 Å². The fourth-order valence-electron chi connectivity index (χ4n) is 3.99. The number of ether oxygens (including phenoxy) is 1. The summed E-state index contributed by atoms with van der Waals surface area (Å²) in [7, 11) is 0. The maximum absolute atomic E-state index is 10.6. The summed E-state index contributed by atoms with van der Waals surface area (Å²) in [6.45, 7) is 7.90. The van der Waals surface area contributed by atoms with E-state index >= 15 is 0 Å². The number of phenols is 1. The minimum atomic E-state index is 0.181. The number of benzene rings is 1. The molecule has 6 heteroatoms. The van der Waals surface area contributed by atoms with Gasteiger partial charge in [-0.1, -0.05) is 24.6 Å². The lowest BCUT2D eigenvalue weighted by Crippen LogP contribution is -2.26. The molecule has 6 nitrogen and oxygen atoms in total. The molecule has 2 heterocycles. The number of hydrogen-bond acceptors (Lipinski definition) is 6. The Hall–Kier alpha value is -3.02. The zero-order valence-electron chi connectivity index (χ0n) is 16.6. The number of nitrogens with zero attached hydrogens (tertiary/aromatic N) is 3. The maximum Gasteiger partial charge on any atom is 0.166 e. The van der Waals surface area contributed by atoms with Gasteiger partial charge in [-0.2, -0.15) is 0 Å². The lowest BCUT2D eigenvalue weighted by molar-refractivity contribution is 0.311. The number of phenolic OH excluding ortho intramolecular Hbond substituents is 1. The van der Waals surface area contributed by atoms with Crippen LogP contribution >= 0.6 is 0 Å². The molecule has 1 atom stereocenters. The van der Waals surface area contributed by atoms with Crippen LogP contribution in [0.4, 0.5) is 11.6 Å². The number of rotatable bonds is 2. The molecule has 2 aliphatic rings. The molecular weight excluding hydrogens is 352 g/mol. The van der Waals surface area contributed by atoms with E-state index in [9.17, 15) is 5.11 Å². The van der Waals surface area contributed by atoms with E-state index in [0.29, 0.717) is 43.0 Å². The van der Waals surface area contributed by atoms with Crippen molar-refractivity contribution in [3.05, 3.63) is 52.9 Å². The fraction of sp³-hybridized carbons (Fsp3) is 0.364. The van der Waals surface area contributed by atoms with Crippen molar-refractivity contribution in [1.29, 1.82) is 0 Å². The van der Waals surface area contributed by atoms with Crippen LogP contribution in [-0.2, 0) is 6.54 Å². The van der Waals surface area contributed by atoms with Crippen LogP contribution in [-0.4, -0.2) is 28.2 Å². The third-order valence-corrected chi connectivity index (χ3v) is 5.27. The predicted molar refractivity (Wildman–Crippen MR) is 111 cm³/mol. The maximum atomic E-state index is 10.6. The van der Waals surface area contributed by atoms with E-state index in [-0.39, 0.29) is 5.75 Å². The van der Waals surface area contributed by atoms with Gasteiger partial charge in [0.15, 0.2) is 11.5 Å². The van der Waals surface area contributed by atoms with E-state index in [1.54, 1.807) is 12.1 Å².